The molecule has 1 N–H and O–H groups in total. The zero-order chi connectivity index (χ0) is 11.6. The van der Waals surface area contributed by atoms with Gasteiger partial charge in [-0.05, 0) is 20.8 Å². The summed E-state index contributed by atoms with van der Waals surface area (Å²) < 4.78 is 5.75. The fourth-order valence-electron chi connectivity index (χ4n) is 1.25. The monoisotopic (exact) mass is 237 g/mol. The van der Waals surface area contributed by atoms with Gasteiger partial charge in [0.1, 0.15) is 5.00 Å². The van der Waals surface area contributed by atoms with Crippen LogP contribution in [-0.2, 0) is 12.1 Å². The lowest BCUT2D eigenvalue weighted by molar-refractivity contribution is 0.355. The van der Waals surface area contributed by atoms with E-state index >= 15 is 0 Å². The van der Waals surface area contributed by atoms with Crippen molar-refractivity contribution in [3.8, 4) is 0 Å². The van der Waals surface area contributed by atoms with Gasteiger partial charge in [-0.1, -0.05) is 4.49 Å². The van der Waals surface area contributed by atoms with Crippen molar-refractivity contribution in [3.05, 3.63) is 24.2 Å². The molecule has 2 rings (SSSR count). The summed E-state index contributed by atoms with van der Waals surface area (Å²) in [4.78, 5) is 0. The molecule has 0 fully saturated rings. The van der Waals surface area contributed by atoms with Crippen molar-refractivity contribution >= 4 is 16.5 Å². The number of rotatable bonds is 3. The van der Waals surface area contributed by atoms with Crippen molar-refractivity contribution in [2.24, 2.45) is 0 Å². The van der Waals surface area contributed by atoms with Crippen molar-refractivity contribution in [1.82, 2.24) is 19.4 Å². The highest BCUT2D eigenvalue weighted by atomic mass is 32.1. The normalized spacial score (nSPS) is 11.7. The average Bonchev–Trinajstić information content (AvgIpc) is 2.85. The van der Waals surface area contributed by atoms with Crippen LogP contribution in [0.25, 0.3) is 0 Å². The maximum absolute atomic E-state index is 4.34. The third-order valence-electron chi connectivity index (χ3n) is 2.15. The van der Waals surface area contributed by atoms with Gasteiger partial charge in [-0.2, -0.15) is 5.10 Å². The van der Waals surface area contributed by atoms with Gasteiger partial charge in [0.05, 0.1) is 17.9 Å². The molecule has 5 nitrogen and oxygen atoms in total. The Morgan fingerprint density at radius 1 is 1.38 bits per heavy atom. The minimum Gasteiger partial charge on any atom is -0.370 e. The third-order valence-corrected chi connectivity index (χ3v) is 2.77. The van der Waals surface area contributed by atoms with Crippen LogP contribution in [0.1, 0.15) is 26.3 Å². The Bertz CT molecular complexity index is 440. The van der Waals surface area contributed by atoms with Gasteiger partial charge >= 0.3 is 0 Å². The summed E-state index contributed by atoms with van der Waals surface area (Å²) in [6.45, 7) is 7.14. The molecule has 0 aliphatic carbocycles. The van der Waals surface area contributed by atoms with Gasteiger partial charge in [-0.25, -0.2) is 0 Å². The second kappa shape index (κ2) is 4.21. The Labute approximate surface area is 98.7 Å². The van der Waals surface area contributed by atoms with Crippen molar-refractivity contribution < 1.29 is 0 Å². The zero-order valence-electron chi connectivity index (χ0n) is 9.64. The predicted molar refractivity (Wildman–Crippen MR) is 64.5 cm³/mol. The predicted octanol–water partition coefficient (Wildman–Crippen LogP) is 2.10. The van der Waals surface area contributed by atoms with E-state index in [1.165, 1.54) is 11.5 Å². The molecule has 0 saturated heterocycles. The Hall–Kier alpha value is -1.43. The van der Waals surface area contributed by atoms with E-state index in [-0.39, 0.29) is 5.54 Å². The number of hydrogen-bond donors (Lipinski definition) is 1. The minimum atomic E-state index is 0.0320. The highest BCUT2D eigenvalue weighted by molar-refractivity contribution is 7.09. The molecule has 0 atom stereocenters. The van der Waals surface area contributed by atoms with Crippen molar-refractivity contribution in [1.29, 1.82) is 0 Å². The van der Waals surface area contributed by atoms with Crippen molar-refractivity contribution in [2.75, 3.05) is 5.32 Å². The summed E-state index contributed by atoms with van der Waals surface area (Å²) in [7, 11) is 0. The summed E-state index contributed by atoms with van der Waals surface area (Å²) in [6, 6.07) is 0. The first-order chi connectivity index (χ1) is 7.55. The maximum atomic E-state index is 4.34. The lowest BCUT2D eigenvalue weighted by Crippen LogP contribution is -2.21. The van der Waals surface area contributed by atoms with Crippen LogP contribution in [0, 0.1) is 0 Å². The van der Waals surface area contributed by atoms with E-state index in [0.717, 1.165) is 17.1 Å². The van der Waals surface area contributed by atoms with Crippen LogP contribution in [0.4, 0.5) is 5.00 Å². The first-order valence-electron chi connectivity index (χ1n) is 5.11. The molecule has 6 heteroatoms. The fraction of sp³-hybridized carbons (Fsp3) is 0.500. The minimum absolute atomic E-state index is 0.0320. The van der Waals surface area contributed by atoms with Crippen LogP contribution in [0.5, 0.6) is 0 Å². The summed E-state index contributed by atoms with van der Waals surface area (Å²) in [5.41, 5.74) is 1.19. The van der Waals surface area contributed by atoms with Crippen LogP contribution in [-0.4, -0.2) is 19.4 Å². The SMILES string of the molecule is CC(C)(C)n1cc(CNc2cnns2)cn1. The first-order valence-corrected chi connectivity index (χ1v) is 5.88. The van der Waals surface area contributed by atoms with Gasteiger partial charge in [-0.3, -0.25) is 4.68 Å². The largest absolute Gasteiger partial charge is 0.370 e. The first kappa shape index (κ1) is 11.1. The van der Waals surface area contributed by atoms with Crippen LogP contribution < -0.4 is 5.32 Å². The molecule has 0 saturated carbocycles. The lowest BCUT2D eigenvalue weighted by atomic mass is 10.1. The number of nitrogens with zero attached hydrogens (tertiary/aromatic N) is 4. The van der Waals surface area contributed by atoms with Crippen molar-refractivity contribution in [2.45, 2.75) is 32.9 Å². The summed E-state index contributed by atoms with van der Waals surface area (Å²) >= 11 is 1.36. The van der Waals surface area contributed by atoms with Gasteiger partial charge in [0, 0.05) is 29.8 Å². The standard InChI is InChI=1S/C10H15N5S/c1-10(2,3)15-7-8(5-13-15)4-11-9-6-12-14-16-9/h5-7,11H,4H2,1-3H3. The van der Waals surface area contributed by atoms with E-state index < -0.39 is 0 Å². The molecule has 0 aliphatic rings. The fourth-order valence-corrected chi connectivity index (χ4v) is 1.67. The topological polar surface area (TPSA) is 55.6 Å². The van der Waals surface area contributed by atoms with E-state index in [0.29, 0.717) is 0 Å². The molecule has 0 bridgehead atoms. The molecule has 16 heavy (non-hydrogen) atoms. The van der Waals surface area contributed by atoms with Crippen LogP contribution in [0.2, 0.25) is 0 Å². The maximum Gasteiger partial charge on any atom is 0.130 e. The summed E-state index contributed by atoms with van der Waals surface area (Å²) in [6.07, 6.45) is 5.66. The van der Waals surface area contributed by atoms with Gasteiger partial charge < -0.3 is 5.32 Å². The quantitative estimate of drug-likeness (QED) is 0.888. The third kappa shape index (κ3) is 2.57. The van der Waals surface area contributed by atoms with Crippen LogP contribution >= 0.6 is 11.5 Å². The van der Waals surface area contributed by atoms with Crippen molar-refractivity contribution in [3.63, 3.8) is 0 Å². The molecular formula is C10H15N5S. The summed E-state index contributed by atoms with van der Waals surface area (Å²) in [5, 5.41) is 12.3. The highest BCUT2D eigenvalue weighted by Gasteiger charge is 2.13. The number of aromatic nitrogens is 4. The number of anilines is 1. The molecule has 0 aliphatic heterocycles. The zero-order valence-corrected chi connectivity index (χ0v) is 10.5. The number of nitrogens with one attached hydrogen (secondary N) is 1. The molecule has 0 spiro atoms. The van der Waals surface area contributed by atoms with Crippen LogP contribution in [0.3, 0.4) is 0 Å². The van der Waals surface area contributed by atoms with Gasteiger partial charge in [0.25, 0.3) is 0 Å². The second-order valence-corrected chi connectivity index (χ2v) is 5.38. The highest BCUT2D eigenvalue weighted by Crippen LogP contribution is 2.15. The number of hydrogen-bond acceptors (Lipinski definition) is 5. The molecular weight excluding hydrogens is 222 g/mol. The molecule has 2 heterocycles. The van der Waals surface area contributed by atoms with Gasteiger partial charge in [0.15, 0.2) is 0 Å². The Kier molecular flexibility index (Phi) is 2.91. The molecule has 0 unspecified atom stereocenters. The van der Waals surface area contributed by atoms with E-state index in [4.69, 9.17) is 0 Å². The Morgan fingerprint density at radius 3 is 2.75 bits per heavy atom. The molecule has 0 amide bonds. The van der Waals surface area contributed by atoms with E-state index in [2.05, 4.69) is 47.0 Å². The smallest absolute Gasteiger partial charge is 0.130 e. The molecule has 86 valence electrons. The van der Waals surface area contributed by atoms with Gasteiger partial charge in [0.2, 0.25) is 0 Å². The Morgan fingerprint density at radius 2 is 2.19 bits per heavy atom. The molecule has 2 aromatic rings. The average molecular weight is 237 g/mol. The molecule has 0 aromatic carbocycles. The molecule has 0 radical (unpaired) electrons. The lowest BCUT2D eigenvalue weighted by Gasteiger charge is -2.18. The van der Waals surface area contributed by atoms with E-state index in [9.17, 15) is 0 Å². The summed E-state index contributed by atoms with van der Waals surface area (Å²) in [5.74, 6) is 0. The second-order valence-electron chi connectivity index (χ2n) is 4.60. The Balaban J connectivity index is 1.98. The van der Waals surface area contributed by atoms with E-state index in [1.807, 2.05) is 10.9 Å². The molecule has 2 aromatic heterocycles. The van der Waals surface area contributed by atoms with E-state index in [1.54, 1.807) is 6.20 Å². The van der Waals surface area contributed by atoms with Gasteiger partial charge in [-0.15, -0.1) is 5.10 Å². The van der Waals surface area contributed by atoms with Crippen LogP contribution in [0.15, 0.2) is 18.6 Å².